The van der Waals surface area contributed by atoms with E-state index in [4.69, 9.17) is 0 Å². The van der Waals surface area contributed by atoms with Crippen LogP contribution >= 0.6 is 0 Å². The van der Waals surface area contributed by atoms with E-state index < -0.39 is 34.8 Å². The third kappa shape index (κ3) is 4.79. The van der Waals surface area contributed by atoms with Crippen LogP contribution in [0.25, 0.3) is 27.5 Å². The Hall–Kier alpha value is -3.84. The van der Waals surface area contributed by atoms with E-state index in [1.165, 1.54) is 12.3 Å². The number of carboxylic acids is 1. The number of aromatic nitrogens is 3. The Balaban J connectivity index is 2.19. The molecule has 0 saturated carbocycles. The Morgan fingerprint density at radius 3 is 2.62 bits per heavy atom. The van der Waals surface area contributed by atoms with Gasteiger partial charge in [-0.3, -0.25) is 9.89 Å². The maximum atomic E-state index is 16.2. The number of nitriles is 1. The summed E-state index contributed by atoms with van der Waals surface area (Å²) in [5.74, 6) is -4.26. The lowest BCUT2D eigenvalue weighted by Gasteiger charge is -2.29. The van der Waals surface area contributed by atoms with Gasteiger partial charge in [-0.25, -0.2) is 13.2 Å². The van der Waals surface area contributed by atoms with Crippen molar-refractivity contribution in [1.82, 2.24) is 14.8 Å². The summed E-state index contributed by atoms with van der Waals surface area (Å²) in [5.41, 5.74) is 0.842. The van der Waals surface area contributed by atoms with Crippen LogP contribution in [0.15, 0.2) is 30.5 Å². The number of aromatic amines is 1. The van der Waals surface area contributed by atoms with Crippen LogP contribution in [0.3, 0.4) is 0 Å². The average molecular weight is 513 g/mol. The second-order valence-corrected chi connectivity index (χ2v) is 9.83. The molecular weight excluding hydrogens is 485 g/mol. The van der Waals surface area contributed by atoms with Crippen molar-refractivity contribution in [3.8, 4) is 11.8 Å². The molecule has 4 aromatic rings. The number of nitrogens with one attached hydrogen (secondary N) is 1. The lowest BCUT2D eigenvalue weighted by Crippen LogP contribution is -2.24. The quantitative estimate of drug-likeness (QED) is 0.247. The first-order valence-corrected chi connectivity index (χ1v) is 12.0. The maximum absolute atomic E-state index is 16.2. The topological polar surface area (TPSA) is 115 Å². The summed E-state index contributed by atoms with van der Waals surface area (Å²) < 4.78 is 46.2. The van der Waals surface area contributed by atoms with Crippen molar-refractivity contribution in [3.05, 3.63) is 59.2 Å². The molecule has 0 aliphatic rings. The monoisotopic (exact) mass is 512 g/mol. The zero-order chi connectivity index (χ0) is 26.9. The molecule has 0 saturated heterocycles. The van der Waals surface area contributed by atoms with E-state index >= 15 is 4.39 Å². The molecule has 0 unspecified atom stereocenters. The number of aliphatic hydroxyl groups is 1. The molecular formula is C27H27F3N4O3. The molecule has 4 rings (SSSR count). The Labute approximate surface area is 211 Å². The van der Waals surface area contributed by atoms with Gasteiger partial charge in [-0.05, 0) is 48.9 Å². The number of halogens is 3. The minimum atomic E-state index is -1.09. The predicted octanol–water partition coefficient (Wildman–Crippen LogP) is 5.84. The number of fused-ring (bicyclic) bond motifs is 2. The first kappa shape index (κ1) is 26.2. The molecule has 2 aromatic carbocycles. The third-order valence-corrected chi connectivity index (χ3v) is 6.79. The number of H-pyrrole nitrogens is 1. The summed E-state index contributed by atoms with van der Waals surface area (Å²) in [4.78, 5) is 11.5. The van der Waals surface area contributed by atoms with Crippen LogP contribution in [-0.2, 0) is 10.2 Å². The summed E-state index contributed by atoms with van der Waals surface area (Å²) in [6.45, 7) is 3.46. The highest BCUT2D eigenvalue weighted by Gasteiger charge is 2.36. The van der Waals surface area contributed by atoms with Crippen LogP contribution in [0.4, 0.5) is 13.2 Å². The lowest BCUT2D eigenvalue weighted by molar-refractivity contribution is -0.137. The predicted molar refractivity (Wildman–Crippen MR) is 132 cm³/mol. The SMILES string of the molecule is CC(C)(CC#N)c1c([C@H](CCCO)CCC(=O)O)c2c(F)c3[nH]ncc3cc2n1-c1ccc(F)c(F)c1. The van der Waals surface area contributed by atoms with Gasteiger partial charge in [-0.1, -0.05) is 13.8 Å². The van der Waals surface area contributed by atoms with Crippen molar-refractivity contribution < 1.29 is 28.2 Å². The number of rotatable bonds is 10. The van der Waals surface area contributed by atoms with E-state index in [1.54, 1.807) is 24.5 Å². The van der Waals surface area contributed by atoms with E-state index in [0.717, 1.165) is 12.1 Å². The van der Waals surface area contributed by atoms with Crippen molar-refractivity contribution in [2.75, 3.05) is 6.61 Å². The highest BCUT2D eigenvalue weighted by Crippen LogP contribution is 2.46. The summed E-state index contributed by atoms with van der Waals surface area (Å²) in [6, 6.07) is 7.23. The first-order valence-electron chi connectivity index (χ1n) is 12.0. The minimum absolute atomic E-state index is 0.0205. The zero-order valence-corrected chi connectivity index (χ0v) is 20.5. The van der Waals surface area contributed by atoms with Gasteiger partial charge in [0.1, 0.15) is 5.52 Å². The van der Waals surface area contributed by atoms with Gasteiger partial charge in [0.2, 0.25) is 0 Å². The van der Waals surface area contributed by atoms with Crippen molar-refractivity contribution in [3.63, 3.8) is 0 Å². The highest BCUT2D eigenvalue weighted by atomic mass is 19.2. The molecule has 0 aliphatic heterocycles. The highest BCUT2D eigenvalue weighted by molar-refractivity contribution is 6.00. The molecule has 0 bridgehead atoms. The van der Waals surface area contributed by atoms with Crippen LogP contribution in [0, 0.1) is 28.8 Å². The molecule has 194 valence electrons. The van der Waals surface area contributed by atoms with Crippen LogP contribution in [0.2, 0.25) is 0 Å². The number of aliphatic hydroxyl groups excluding tert-OH is 1. The number of benzene rings is 2. The molecule has 7 nitrogen and oxygen atoms in total. The van der Waals surface area contributed by atoms with E-state index in [2.05, 4.69) is 16.3 Å². The van der Waals surface area contributed by atoms with Gasteiger partial charge < -0.3 is 14.8 Å². The molecule has 2 aromatic heterocycles. The fourth-order valence-corrected chi connectivity index (χ4v) is 5.14. The molecule has 0 radical (unpaired) electrons. The second-order valence-electron chi connectivity index (χ2n) is 9.83. The van der Waals surface area contributed by atoms with Gasteiger partial charge in [-0.15, -0.1) is 0 Å². The van der Waals surface area contributed by atoms with Crippen LogP contribution in [0.1, 0.15) is 63.1 Å². The Morgan fingerprint density at radius 1 is 1.22 bits per heavy atom. The summed E-state index contributed by atoms with van der Waals surface area (Å²) >= 11 is 0. The average Bonchev–Trinajstić information content (AvgIpc) is 3.45. The molecule has 37 heavy (non-hydrogen) atoms. The van der Waals surface area contributed by atoms with Crippen LogP contribution in [-0.4, -0.2) is 37.6 Å². The number of hydrogen-bond donors (Lipinski definition) is 3. The van der Waals surface area contributed by atoms with Gasteiger partial charge in [0.15, 0.2) is 17.5 Å². The molecule has 10 heteroatoms. The maximum Gasteiger partial charge on any atom is 0.303 e. The fourth-order valence-electron chi connectivity index (χ4n) is 5.14. The van der Waals surface area contributed by atoms with Crippen molar-refractivity contribution >= 4 is 27.8 Å². The number of nitrogens with zero attached hydrogens (tertiary/aromatic N) is 3. The smallest absolute Gasteiger partial charge is 0.303 e. The summed E-state index contributed by atoms with van der Waals surface area (Å²) in [6.07, 6.45) is 2.13. The fraction of sp³-hybridized carbons (Fsp3) is 0.370. The van der Waals surface area contributed by atoms with Gasteiger partial charge in [0.25, 0.3) is 0 Å². The number of carboxylic acid groups (broad SMARTS) is 1. The largest absolute Gasteiger partial charge is 0.481 e. The molecule has 0 amide bonds. The van der Waals surface area contributed by atoms with Gasteiger partial charge in [0.05, 0.1) is 17.8 Å². The molecule has 2 heterocycles. The third-order valence-electron chi connectivity index (χ3n) is 6.79. The zero-order valence-electron chi connectivity index (χ0n) is 20.5. The van der Waals surface area contributed by atoms with Gasteiger partial charge in [-0.2, -0.15) is 10.4 Å². The molecule has 0 spiro atoms. The Morgan fingerprint density at radius 2 is 1.97 bits per heavy atom. The normalized spacial score (nSPS) is 12.8. The van der Waals surface area contributed by atoms with E-state index in [0.29, 0.717) is 35.0 Å². The Bertz CT molecular complexity index is 1520. The van der Waals surface area contributed by atoms with Crippen LogP contribution in [0.5, 0.6) is 0 Å². The number of carbonyl (C=O) groups is 1. The molecule has 0 fully saturated rings. The Kier molecular flexibility index (Phi) is 7.28. The van der Waals surface area contributed by atoms with Crippen molar-refractivity contribution in [2.45, 2.75) is 57.3 Å². The molecule has 1 atom stereocenters. The molecule has 3 N–H and O–H groups in total. The number of aliphatic carboxylic acids is 1. The first-order chi connectivity index (χ1) is 17.6. The lowest BCUT2D eigenvalue weighted by atomic mass is 9.78. The standard InChI is InChI=1S/C27H27F3N4O3/c1-27(2,9-10-31)26-22(15(4-3-11-35)5-8-21(36)37)23-20(12-16-14-32-33-25(16)24(23)30)34(26)17-6-7-18(28)19(29)13-17/h6-7,12-15,35H,3-5,8-9,11H2,1-2H3,(H,32,33)(H,36,37)/t15-/m1/s1. The van der Waals surface area contributed by atoms with E-state index in [1.807, 2.05) is 0 Å². The summed E-state index contributed by atoms with van der Waals surface area (Å²) in [5, 5.41) is 35.8. The summed E-state index contributed by atoms with van der Waals surface area (Å²) in [7, 11) is 0. The van der Waals surface area contributed by atoms with E-state index in [-0.39, 0.29) is 42.5 Å². The van der Waals surface area contributed by atoms with Gasteiger partial charge >= 0.3 is 5.97 Å². The minimum Gasteiger partial charge on any atom is -0.481 e. The van der Waals surface area contributed by atoms with Crippen molar-refractivity contribution in [1.29, 1.82) is 5.26 Å². The van der Waals surface area contributed by atoms with Crippen molar-refractivity contribution in [2.24, 2.45) is 0 Å². The number of hydrogen-bond acceptors (Lipinski definition) is 4. The van der Waals surface area contributed by atoms with E-state index in [9.17, 15) is 29.1 Å². The molecule has 0 aliphatic carbocycles. The van der Waals surface area contributed by atoms with Crippen LogP contribution < -0.4 is 0 Å². The second kappa shape index (κ2) is 10.3. The van der Waals surface area contributed by atoms with Gasteiger partial charge in [0, 0.05) is 53.1 Å².